The van der Waals surface area contributed by atoms with Gasteiger partial charge in [0, 0.05) is 13.0 Å². The summed E-state index contributed by atoms with van der Waals surface area (Å²) in [5.74, 6) is -0.296. The lowest BCUT2D eigenvalue weighted by Crippen LogP contribution is -2.29. The van der Waals surface area contributed by atoms with Crippen LogP contribution < -0.4 is 0 Å². The Morgan fingerprint density at radius 2 is 2.15 bits per heavy atom. The molecule has 1 atom stereocenters. The zero-order chi connectivity index (χ0) is 9.95. The Labute approximate surface area is 77.5 Å². The fourth-order valence-electron chi connectivity index (χ4n) is 1.38. The summed E-state index contributed by atoms with van der Waals surface area (Å²) < 4.78 is 34.1. The van der Waals surface area contributed by atoms with Gasteiger partial charge in [-0.1, -0.05) is 0 Å². The fourth-order valence-corrected chi connectivity index (χ4v) is 1.89. The molecule has 0 radical (unpaired) electrons. The summed E-state index contributed by atoms with van der Waals surface area (Å²) >= 11 is 0. The third kappa shape index (κ3) is 4.04. The van der Waals surface area contributed by atoms with Crippen LogP contribution in [0.15, 0.2) is 0 Å². The second-order valence-corrected chi connectivity index (χ2v) is 4.99. The Morgan fingerprint density at radius 1 is 1.46 bits per heavy atom. The number of hydrogen-bond acceptors (Lipinski definition) is 4. The van der Waals surface area contributed by atoms with Gasteiger partial charge < -0.3 is 9.84 Å². The first-order valence-electron chi connectivity index (χ1n) is 4.17. The smallest absolute Gasteiger partial charge is 0.264 e. The summed E-state index contributed by atoms with van der Waals surface area (Å²) in [5, 5.41) is 9.69. The standard InChI is InChI=1S/C7H14O5S/c8-7(3-4-12-6-7)2-1-5-13(9,10)11/h8H,1-6H2,(H,9,10,11). The van der Waals surface area contributed by atoms with Crippen molar-refractivity contribution in [1.29, 1.82) is 0 Å². The average molecular weight is 210 g/mol. The molecule has 1 fully saturated rings. The molecule has 0 saturated carbocycles. The predicted octanol–water partition coefficient (Wildman–Crippen LogP) is -0.194. The molecule has 1 aliphatic heterocycles. The second-order valence-electron chi connectivity index (χ2n) is 3.42. The Hall–Kier alpha value is -0.170. The van der Waals surface area contributed by atoms with Gasteiger partial charge >= 0.3 is 0 Å². The monoisotopic (exact) mass is 210 g/mol. The maximum Gasteiger partial charge on any atom is 0.264 e. The van der Waals surface area contributed by atoms with Crippen molar-refractivity contribution in [3.05, 3.63) is 0 Å². The number of ether oxygens (including phenoxy) is 1. The van der Waals surface area contributed by atoms with Crippen molar-refractivity contribution in [3.63, 3.8) is 0 Å². The molecule has 5 nitrogen and oxygen atoms in total. The van der Waals surface area contributed by atoms with Gasteiger partial charge in [0.1, 0.15) is 0 Å². The van der Waals surface area contributed by atoms with Gasteiger partial charge in [0.2, 0.25) is 0 Å². The molecule has 2 N–H and O–H groups in total. The molecule has 1 unspecified atom stereocenters. The molecule has 1 rings (SSSR count). The SMILES string of the molecule is O=S(=O)(O)CCCC1(O)CCOC1. The molecular formula is C7H14O5S. The van der Waals surface area contributed by atoms with Crippen molar-refractivity contribution < 1.29 is 22.8 Å². The Balaban J connectivity index is 2.26. The van der Waals surface area contributed by atoms with Crippen LogP contribution in [0, 0.1) is 0 Å². The van der Waals surface area contributed by atoms with Crippen LogP contribution in [0.4, 0.5) is 0 Å². The van der Waals surface area contributed by atoms with Crippen molar-refractivity contribution in [2.24, 2.45) is 0 Å². The van der Waals surface area contributed by atoms with Crippen molar-refractivity contribution in [3.8, 4) is 0 Å². The normalized spacial score (nSPS) is 29.4. The number of hydrogen-bond donors (Lipinski definition) is 2. The van der Waals surface area contributed by atoms with E-state index in [4.69, 9.17) is 9.29 Å². The molecule has 0 spiro atoms. The van der Waals surface area contributed by atoms with Crippen molar-refractivity contribution in [2.75, 3.05) is 19.0 Å². The molecule has 1 saturated heterocycles. The van der Waals surface area contributed by atoms with E-state index in [1.165, 1.54) is 0 Å². The van der Waals surface area contributed by atoms with Crippen LogP contribution >= 0.6 is 0 Å². The highest BCUT2D eigenvalue weighted by molar-refractivity contribution is 7.85. The van der Waals surface area contributed by atoms with Crippen LogP contribution in [0.5, 0.6) is 0 Å². The van der Waals surface area contributed by atoms with Crippen LogP contribution in [0.1, 0.15) is 19.3 Å². The zero-order valence-corrected chi connectivity index (χ0v) is 8.09. The fraction of sp³-hybridized carbons (Fsp3) is 1.00. The molecule has 6 heteroatoms. The third-order valence-electron chi connectivity index (χ3n) is 2.13. The van der Waals surface area contributed by atoms with Gasteiger partial charge in [0.25, 0.3) is 10.1 Å². The van der Waals surface area contributed by atoms with Gasteiger partial charge in [-0.2, -0.15) is 8.42 Å². The predicted molar refractivity (Wildman–Crippen MR) is 46.0 cm³/mol. The van der Waals surface area contributed by atoms with E-state index in [9.17, 15) is 13.5 Å². The minimum absolute atomic E-state index is 0.262. The molecule has 13 heavy (non-hydrogen) atoms. The molecule has 0 amide bonds. The first-order valence-corrected chi connectivity index (χ1v) is 5.78. The quantitative estimate of drug-likeness (QED) is 0.628. The summed E-state index contributed by atoms with van der Waals surface area (Å²) in [6.45, 7) is 0.779. The molecule has 1 heterocycles. The maximum atomic E-state index is 10.4. The van der Waals surface area contributed by atoms with E-state index < -0.39 is 15.7 Å². The number of rotatable bonds is 4. The van der Waals surface area contributed by atoms with Gasteiger partial charge in [-0.05, 0) is 12.8 Å². The minimum Gasteiger partial charge on any atom is -0.387 e. The third-order valence-corrected chi connectivity index (χ3v) is 2.93. The lowest BCUT2D eigenvalue weighted by Gasteiger charge is -2.19. The van der Waals surface area contributed by atoms with Crippen molar-refractivity contribution in [2.45, 2.75) is 24.9 Å². The molecule has 1 aliphatic rings. The van der Waals surface area contributed by atoms with E-state index in [0.29, 0.717) is 19.4 Å². The van der Waals surface area contributed by atoms with Crippen LogP contribution in [0.2, 0.25) is 0 Å². The van der Waals surface area contributed by atoms with Gasteiger partial charge in [0.15, 0.2) is 0 Å². The summed E-state index contributed by atoms with van der Waals surface area (Å²) in [6, 6.07) is 0. The van der Waals surface area contributed by atoms with Crippen molar-refractivity contribution >= 4 is 10.1 Å². The van der Waals surface area contributed by atoms with E-state index in [1.54, 1.807) is 0 Å². The van der Waals surface area contributed by atoms with E-state index in [-0.39, 0.29) is 18.8 Å². The Kier molecular flexibility index (Phi) is 3.28. The van der Waals surface area contributed by atoms with E-state index in [2.05, 4.69) is 0 Å². The van der Waals surface area contributed by atoms with Crippen molar-refractivity contribution in [1.82, 2.24) is 0 Å². The summed E-state index contributed by atoms with van der Waals surface area (Å²) in [7, 11) is -3.89. The maximum absolute atomic E-state index is 10.4. The van der Waals surface area contributed by atoms with E-state index >= 15 is 0 Å². The van der Waals surface area contributed by atoms with Gasteiger partial charge in [-0.3, -0.25) is 4.55 Å². The molecule has 0 aliphatic carbocycles. The van der Waals surface area contributed by atoms with Crippen LogP contribution in [-0.4, -0.2) is 42.6 Å². The summed E-state index contributed by atoms with van der Waals surface area (Å²) in [6.07, 6.45) is 1.16. The highest BCUT2D eigenvalue weighted by atomic mass is 32.2. The van der Waals surface area contributed by atoms with Crippen LogP contribution in [-0.2, 0) is 14.9 Å². The summed E-state index contributed by atoms with van der Waals surface area (Å²) in [4.78, 5) is 0. The first kappa shape index (κ1) is 10.9. The summed E-state index contributed by atoms with van der Waals surface area (Å²) in [5.41, 5.74) is -0.884. The first-order chi connectivity index (χ1) is 5.91. The minimum atomic E-state index is -3.89. The Bertz CT molecular complexity index is 252. The van der Waals surface area contributed by atoms with E-state index in [0.717, 1.165) is 0 Å². The van der Waals surface area contributed by atoms with Gasteiger partial charge in [-0.15, -0.1) is 0 Å². The average Bonchev–Trinajstić information content (AvgIpc) is 2.33. The van der Waals surface area contributed by atoms with Crippen LogP contribution in [0.3, 0.4) is 0 Å². The largest absolute Gasteiger partial charge is 0.387 e. The highest BCUT2D eigenvalue weighted by Gasteiger charge is 2.31. The molecule has 0 aromatic rings. The highest BCUT2D eigenvalue weighted by Crippen LogP contribution is 2.23. The molecule has 78 valence electrons. The zero-order valence-electron chi connectivity index (χ0n) is 7.27. The van der Waals surface area contributed by atoms with Crippen LogP contribution in [0.25, 0.3) is 0 Å². The Morgan fingerprint density at radius 3 is 2.62 bits per heavy atom. The molecule has 0 bridgehead atoms. The van der Waals surface area contributed by atoms with Gasteiger partial charge in [0.05, 0.1) is 18.0 Å². The second kappa shape index (κ2) is 3.91. The topological polar surface area (TPSA) is 83.8 Å². The lowest BCUT2D eigenvalue weighted by atomic mass is 9.98. The molecule has 0 aromatic carbocycles. The molecular weight excluding hydrogens is 196 g/mol. The van der Waals surface area contributed by atoms with Gasteiger partial charge in [-0.25, -0.2) is 0 Å². The van der Waals surface area contributed by atoms with E-state index in [1.807, 2.05) is 0 Å². The lowest BCUT2D eigenvalue weighted by molar-refractivity contribution is 0.0188. The number of aliphatic hydroxyl groups is 1. The molecule has 0 aromatic heterocycles.